The first kappa shape index (κ1) is 29.4. The molecule has 5 atom stereocenters. The summed E-state index contributed by atoms with van der Waals surface area (Å²) < 4.78 is 6.31. The number of fused-ring (bicyclic) bond motifs is 10. The molecule has 0 aliphatic carbocycles. The number of benzene rings is 1. The topological polar surface area (TPSA) is 99.8 Å². The lowest BCUT2D eigenvalue weighted by Crippen LogP contribution is -2.62. The number of amides is 3. The third-order valence-electron chi connectivity index (χ3n) is 6.63. The molecule has 3 rings (SSSR count). The maximum absolute atomic E-state index is 13.8. The zero-order chi connectivity index (χ0) is 27.0. The normalized spacial score (nSPS) is 23.5. The van der Waals surface area contributed by atoms with E-state index in [4.69, 9.17) is 4.74 Å². The molecular formula is C28H44N4O4. The fraction of sp³-hybridized carbons (Fsp3) is 0.607. The van der Waals surface area contributed by atoms with Crippen LogP contribution in [0.25, 0.3) is 6.08 Å². The largest absolute Gasteiger partial charge is 0.487 e. The maximum atomic E-state index is 13.8. The SMILES string of the molecule is CC[C@H](C)[C@H]1NC(=O)[C@H](NC(=O)[C@H](CC(C)C)N(C)C)[C@H](C(C)C)Oc2ccc(cc2)/C=C\NC1=O. The number of nitrogens with zero attached hydrogens (tertiary/aromatic N) is 1. The highest BCUT2D eigenvalue weighted by molar-refractivity contribution is 5.94. The van der Waals surface area contributed by atoms with Crippen LogP contribution in [0.1, 0.15) is 59.9 Å². The Morgan fingerprint density at radius 1 is 1.06 bits per heavy atom. The number of carbonyl (C=O) groups excluding carboxylic acids is 3. The van der Waals surface area contributed by atoms with Gasteiger partial charge in [-0.05, 0) is 62.0 Å². The minimum absolute atomic E-state index is 0.104. The summed E-state index contributed by atoms with van der Waals surface area (Å²) in [4.78, 5) is 42.1. The molecule has 1 aromatic rings. The Hall–Kier alpha value is -2.87. The van der Waals surface area contributed by atoms with Crippen LogP contribution >= 0.6 is 0 Å². The van der Waals surface area contributed by atoms with E-state index >= 15 is 0 Å². The predicted molar refractivity (Wildman–Crippen MR) is 143 cm³/mol. The molecule has 2 aliphatic heterocycles. The van der Waals surface area contributed by atoms with Gasteiger partial charge in [-0.25, -0.2) is 0 Å². The van der Waals surface area contributed by atoms with Crippen LogP contribution in [0.5, 0.6) is 5.75 Å². The molecule has 8 heteroatoms. The first-order chi connectivity index (χ1) is 16.9. The number of rotatable bonds is 8. The van der Waals surface area contributed by atoms with E-state index in [2.05, 4.69) is 29.8 Å². The third kappa shape index (κ3) is 8.08. The van der Waals surface area contributed by atoms with Gasteiger partial charge in [0.15, 0.2) is 0 Å². The number of nitrogens with one attached hydrogen (secondary N) is 3. The molecule has 0 fully saturated rings. The molecule has 0 aromatic heterocycles. The minimum Gasteiger partial charge on any atom is -0.487 e. The Kier molecular flexibility index (Phi) is 11.0. The summed E-state index contributed by atoms with van der Waals surface area (Å²) in [5, 5.41) is 8.70. The van der Waals surface area contributed by atoms with Crippen molar-refractivity contribution in [2.75, 3.05) is 14.1 Å². The van der Waals surface area contributed by atoms with E-state index in [1.165, 1.54) is 0 Å². The second-order valence-electron chi connectivity index (χ2n) is 10.7. The summed E-state index contributed by atoms with van der Waals surface area (Å²) in [6.45, 7) is 11.9. The third-order valence-corrected chi connectivity index (χ3v) is 6.63. The van der Waals surface area contributed by atoms with Crippen molar-refractivity contribution >= 4 is 23.8 Å². The molecule has 2 aliphatic rings. The second kappa shape index (κ2) is 13.4. The van der Waals surface area contributed by atoms with Crippen LogP contribution in [-0.4, -0.2) is 60.9 Å². The van der Waals surface area contributed by atoms with Crippen molar-refractivity contribution in [3.8, 4) is 5.75 Å². The molecule has 3 N–H and O–H groups in total. The van der Waals surface area contributed by atoms with Crippen LogP contribution in [0.4, 0.5) is 0 Å². The summed E-state index contributed by atoms with van der Waals surface area (Å²) in [6, 6.07) is 5.24. The fourth-order valence-electron chi connectivity index (χ4n) is 4.20. The van der Waals surface area contributed by atoms with Gasteiger partial charge in [-0.2, -0.15) is 0 Å². The van der Waals surface area contributed by atoms with Gasteiger partial charge in [-0.3, -0.25) is 19.3 Å². The van der Waals surface area contributed by atoms with Crippen molar-refractivity contribution in [3.05, 3.63) is 36.0 Å². The lowest BCUT2D eigenvalue weighted by atomic mass is 9.94. The number of carbonyl (C=O) groups is 3. The van der Waals surface area contributed by atoms with Crippen molar-refractivity contribution in [2.24, 2.45) is 17.8 Å². The first-order valence-electron chi connectivity index (χ1n) is 12.9. The van der Waals surface area contributed by atoms with Crippen LogP contribution in [-0.2, 0) is 14.4 Å². The highest BCUT2D eigenvalue weighted by Gasteiger charge is 2.38. The lowest BCUT2D eigenvalue weighted by molar-refractivity contribution is -0.136. The van der Waals surface area contributed by atoms with Gasteiger partial charge in [0.25, 0.3) is 0 Å². The Morgan fingerprint density at radius 2 is 1.69 bits per heavy atom. The first-order valence-corrected chi connectivity index (χ1v) is 12.9. The van der Waals surface area contributed by atoms with Crippen LogP contribution in [0, 0.1) is 17.8 Å². The molecule has 0 saturated carbocycles. The van der Waals surface area contributed by atoms with E-state index in [1.54, 1.807) is 12.3 Å². The molecule has 2 bridgehead atoms. The molecule has 2 heterocycles. The maximum Gasteiger partial charge on any atom is 0.247 e. The molecular weight excluding hydrogens is 456 g/mol. The zero-order valence-corrected chi connectivity index (χ0v) is 23.0. The summed E-state index contributed by atoms with van der Waals surface area (Å²) in [7, 11) is 3.71. The van der Waals surface area contributed by atoms with Crippen LogP contribution in [0.2, 0.25) is 0 Å². The number of hydrogen-bond donors (Lipinski definition) is 3. The van der Waals surface area contributed by atoms with Crippen molar-refractivity contribution < 1.29 is 19.1 Å². The summed E-state index contributed by atoms with van der Waals surface area (Å²) >= 11 is 0. The second-order valence-corrected chi connectivity index (χ2v) is 10.7. The Bertz CT molecular complexity index is 911. The average molecular weight is 501 g/mol. The van der Waals surface area contributed by atoms with E-state index in [0.717, 1.165) is 5.56 Å². The zero-order valence-electron chi connectivity index (χ0n) is 23.0. The lowest BCUT2D eigenvalue weighted by Gasteiger charge is -2.34. The quantitative estimate of drug-likeness (QED) is 0.509. The smallest absolute Gasteiger partial charge is 0.247 e. The minimum atomic E-state index is -0.996. The highest BCUT2D eigenvalue weighted by Crippen LogP contribution is 2.21. The summed E-state index contributed by atoms with van der Waals surface area (Å²) in [6.07, 6.45) is 4.06. The van der Waals surface area contributed by atoms with Gasteiger partial charge in [0.05, 0.1) is 6.04 Å². The van der Waals surface area contributed by atoms with E-state index in [0.29, 0.717) is 24.5 Å². The van der Waals surface area contributed by atoms with Crippen molar-refractivity contribution in [1.29, 1.82) is 0 Å². The molecule has 36 heavy (non-hydrogen) atoms. The van der Waals surface area contributed by atoms with Gasteiger partial charge in [0, 0.05) is 6.20 Å². The standard InChI is InChI=1S/C28H44N4O4/c1-9-19(6)23-27(34)29-15-14-20-10-12-21(13-11-20)36-25(18(4)5)24(28(35)30-23)31-26(33)22(32(7)8)16-17(2)3/h10-15,17-19,22-25H,9,16H2,1-8H3,(H,29,34)(H,30,35)(H,31,33)/b15-14-/t19-,22-,23+,24+,25-/m0/s1. The van der Waals surface area contributed by atoms with Crippen molar-refractivity contribution in [3.63, 3.8) is 0 Å². The highest BCUT2D eigenvalue weighted by atomic mass is 16.5. The average Bonchev–Trinajstić information content (AvgIpc) is 2.82. The van der Waals surface area contributed by atoms with Crippen LogP contribution in [0.15, 0.2) is 30.5 Å². The molecule has 0 radical (unpaired) electrons. The Balaban J connectivity index is 2.52. The van der Waals surface area contributed by atoms with Gasteiger partial charge in [0.2, 0.25) is 17.7 Å². The molecule has 0 spiro atoms. The van der Waals surface area contributed by atoms with Gasteiger partial charge < -0.3 is 20.7 Å². The van der Waals surface area contributed by atoms with Gasteiger partial charge in [0.1, 0.15) is 23.9 Å². The molecule has 0 unspecified atom stereocenters. The van der Waals surface area contributed by atoms with Crippen LogP contribution < -0.4 is 20.7 Å². The van der Waals surface area contributed by atoms with Gasteiger partial charge >= 0.3 is 0 Å². The van der Waals surface area contributed by atoms with E-state index in [9.17, 15) is 14.4 Å². The van der Waals surface area contributed by atoms with Crippen molar-refractivity contribution in [2.45, 2.75) is 78.6 Å². The summed E-state index contributed by atoms with van der Waals surface area (Å²) in [5.41, 5.74) is 0.900. The molecule has 0 saturated heterocycles. The van der Waals surface area contributed by atoms with Gasteiger partial charge in [-0.15, -0.1) is 0 Å². The molecule has 200 valence electrons. The molecule has 3 amide bonds. The number of likely N-dealkylation sites (N-methyl/N-ethyl adjacent to an activating group) is 1. The molecule has 8 nitrogen and oxygen atoms in total. The van der Waals surface area contributed by atoms with E-state index < -0.39 is 30.1 Å². The van der Waals surface area contributed by atoms with Gasteiger partial charge in [-0.1, -0.05) is 60.1 Å². The molecule has 1 aromatic carbocycles. The Labute approximate surface area is 216 Å². The monoisotopic (exact) mass is 500 g/mol. The van der Waals surface area contributed by atoms with E-state index in [1.807, 2.05) is 71.0 Å². The van der Waals surface area contributed by atoms with Crippen LogP contribution in [0.3, 0.4) is 0 Å². The summed E-state index contributed by atoms with van der Waals surface area (Å²) in [5.74, 6) is -0.312. The number of ether oxygens (including phenoxy) is 1. The Morgan fingerprint density at radius 3 is 2.22 bits per heavy atom. The fourth-order valence-corrected chi connectivity index (χ4v) is 4.20. The number of hydrogen-bond acceptors (Lipinski definition) is 5. The van der Waals surface area contributed by atoms with E-state index in [-0.39, 0.29) is 23.7 Å². The predicted octanol–water partition coefficient (Wildman–Crippen LogP) is 3.18. The van der Waals surface area contributed by atoms with Crippen molar-refractivity contribution in [1.82, 2.24) is 20.9 Å².